The lowest BCUT2D eigenvalue weighted by atomic mass is 10.0. The van der Waals surface area contributed by atoms with E-state index < -0.39 is 0 Å². The van der Waals surface area contributed by atoms with Crippen molar-refractivity contribution < 1.29 is 4.74 Å². The van der Waals surface area contributed by atoms with E-state index in [0.29, 0.717) is 0 Å². The summed E-state index contributed by atoms with van der Waals surface area (Å²) < 4.78 is 6.62. The van der Waals surface area contributed by atoms with E-state index in [0.717, 1.165) is 26.2 Å². The summed E-state index contributed by atoms with van der Waals surface area (Å²) in [5.41, 5.74) is 1.50. The first-order valence-electron chi connectivity index (χ1n) is 4.74. The Bertz CT molecular complexity index is 307. The van der Waals surface area contributed by atoms with Crippen LogP contribution in [0.1, 0.15) is 18.9 Å². The molecule has 1 unspecified atom stereocenters. The van der Waals surface area contributed by atoms with Crippen molar-refractivity contribution in [3.05, 3.63) is 20.8 Å². The van der Waals surface area contributed by atoms with Crippen LogP contribution in [0.3, 0.4) is 0 Å². The quantitative estimate of drug-likeness (QED) is 0.916. The van der Waals surface area contributed by atoms with Crippen LogP contribution < -0.4 is 5.32 Å². The molecule has 2 heterocycles. The molecule has 4 heteroatoms. The van der Waals surface area contributed by atoms with Gasteiger partial charge in [0.25, 0.3) is 0 Å². The fraction of sp³-hybridized carbons (Fsp3) is 0.600. The largest absolute Gasteiger partial charge is 0.379 e. The summed E-state index contributed by atoms with van der Waals surface area (Å²) >= 11 is 5.27. The summed E-state index contributed by atoms with van der Waals surface area (Å²) in [4.78, 5) is 0. The fourth-order valence-electron chi connectivity index (χ4n) is 1.56. The number of nitrogens with one attached hydrogen (secondary N) is 1. The van der Waals surface area contributed by atoms with E-state index in [-0.39, 0.29) is 5.54 Å². The summed E-state index contributed by atoms with van der Waals surface area (Å²) in [6.45, 7) is 4.85. The first kappa shape index (κ1) is 10.6. The second kappa shape index (κ2) is 4.31. The monoisotopic (exact) mass is 275 g/mol. The standard InChI is InChI=1S/C10H14BrNOS/c1-10(3-4-13-7-10)12-6-8-2-5-14-9(8)11/h2,5,12H,3-4,6-7H2,1H3. The predicted molar refractivity (Wildman–Crippen MR) is 62.7 cm³/mol. The number of hydrogen-bond donors (Lipinski definition) is 1. The zero-order valence-corrected chi connectivity index (χ0v) is 10.6. The average molecular weight is 276 g/mol. The van der Waals surface area contributed by atoms with E-state index in [9.17, 15) is 0 Å². The maximum Gasteiger partial charge on any atom is 0.0743 e. The van der Waals surface area contributed by atoms with Crippen molar-refractivity contribution in [3.8, 4) is 0 Å². The van der Waals surface area contributed by atoms with Crippen molar-refractivity contribution in [2.75, 3.05) is 13.2 Å². The van der Waals surface area contributed by atoms with E-state index in [1.165, 1.54) is 9.35 Å². The molecule has 0 spiro atoms. The molecule has 0 aromatic carbocycles. The van der Waals surface area contributed by atoms with Crippen molar-refractivity contribution in [2.45, 2.75) is 25.4 Å². The maximum absolute atomic E-state index is 5.39. The molecule has 2 nitrogen and oxygen atoms in total. The highest BCUT2D eigenvalue weighted by molar-refractivity contribution is 9.11. The van der Waals surface area contributed by atoms with Gasteiger partial charge in [-0.3, -0.25) is 0 Å². The van der Waals surface area contributed by atoms with Crippen LogP contribution in [-0.2, 0) is 11.3 Å². The molecule has 0 bridgehead atoms. The van der Waals surface area contributed by atoms with Gasteiger partial charge in [0.2, 0.25) is 0 Å². The normalized spacial score (nSPS) is 27.0. The van der Waals surface area contributed by atoms with Crippen LogP contribution in [-0.4, -0.2) is 18.8 Å². The minimum atomic E-state index is 0.168. The van der Waals surface area contributed by atoms with Crippen LogP contribution in [0.25, 0.3) is 0 Å². The number of rotatable bonds is 3. The van der Waals surface area contributed by atoms with Crippen LogP contribution in [0.2, 0.25) is 0 Å². The second-order valence-corrected chi connectivity index (χ2v) is 6.17. The third kappa shape index (κ3) is 2.37. The molecular formula is C10H14BrNOS. The smallest absolute Gasteiger partial charge is 0.0743 e. The lowest BCUT2D eigenvalue weighted by Crippen LogP contribution is -2.42. The maximum atomic E-state index is 5.39. The Hall–Kier alpha value is 0.1000. The zero-order chi connectivity index (χ0) is 10.0. The lowest BCUT2D eigenvalue weighted by molar-refractivity contribution is 0.171. The van der Waals surface area contributed by atoms with Gasteiger partial charge < -0.3 is 10.1 Å². The van der Waals surface area contributed by atoms with E-state index in [1.807, 2.05) is 0 Å². The van der Waals surface area contributed by atoms with Gasteiger partial charge in [0.05, 0.1) is 10.4 Å². The third-order valence-electron chi connectivity index (χ3n) is 2.62. The molecule has 1 N–H and O–H groups in total. The Labute approximate surface area is 96.8 Å². The zero-order valence-electron chi connectivity index (χ0n) is 8.18. The van der Waals surface area contributed by atoms with Gasteiger partial charge in [-0.25, -0.2) is 0 Å². The van der Waals surface area contributed by atoms with Gasteiger partial charge in [-0.05, 0) is 46.3 Å². The van der Waals surface area contributed by atoms with Gasteiger partial charge in [0, 0.05) is 18.7 Å². The van der Waals surface area contributed by atoms with Crippen molar-refractivity contribution >= 4 is 27.3 Å². The number of thiophene rings is 1. The Morgan fingerprint density at radius 2 is 2.57 bits per heavy atom. The Kier molecular flexibility index (Phi) is 3.27. The van der Waals surface area contributed by atoms with Crippen molar-refractivity contribution in [1.29, 1.82) is 0 Å². The second-order valence-electron chi connectivity index (χ2n) is 3.94. The van der Waals surface area contributed by atoms with Gasteiger partial charge in [-0.1, -0.05) is 0 Å². The summed E-state index contributed by atoms with van der Waals surface area (Å²) in [6.07, 6.45) is 1.11. The Morgan fingerprint density at radius 1 is 1.71 bits per heavy atom. The van der Waals surface area contributed by atoms with Crippen LogP contribution in [0.4, 0.5) is 0 Å². The fourth-order valence-corrected chi connectivity index (χ4v) is 2.80. The predicted octanol–water partition coefficient (Wildman–Crippen LogP) is 2.78. The van der Waals surface area contributed by atoms with E-state index in [2.05, 4.69) is 39.6 Å². The van der Waals surface area contributed by atoms with Crippen LogP contribution in [0.5, 0.6) is 0 Å². The highest BCUT2D eigenvalue weighted by Gasteiger charge is 2.28. The summed E-state index contributed by atoms with van der Waals surface area (Å²) in [7, 11) is 0. The van der Waals surface area contributed by atoms with Crippen LogP contribution in [0, 0.1) is 0 Å². The molecule has 14 heavy (non-hydrogen) atoms. The first-order valence-corrected chi connectivity index (χ1v) is 6.42. The molecule has 1 saturated heterocycles. The molecule has 0 amide bonds. The molecule has 0 aliphatic carbocycles. The Balaban J connectivity index is 1.91. The molecule has 1 aromatic rings. The van der Waals surface area contributed by atoms with Crippen LogP contribution in [0.15, 0.2) is 15.2 Å². The van der Waals surface area contributed by atoms with Crippen molar-refractivity contribution in [2.24, 2.45) is 0 Å². The Morgan fingerprint density at radius 3 is 3.14 bits per heavy atom. The molecule has 2 rings (SSSR count). The van der Waals surface area contributed by atoms with E-state index >= 15 is 0 Å². The minimum Gasteiger partial charge on any atom is -0.379 e. The molecule has 1 fully saturated rings. The minimum absolute atomic E-state index is 0.168. The van der Waals surface area contributed by atoms with Gasteiger partial charge >= 0.3 is 0 Å². The highest BCUT2D eigenvalue weighted by Crippen LogP contribution is 2.25. The van der Waals surface area contributed by atoms with Crippen molar-refractivity contribution in [1.82, 2.24) is 5.32 Å². The first-order chi connectivity index (χ1) is 6.70. The highest BCUT2D eigenvalue weighted by atomic mass is 79.9. The number of halogens is 1. The molecule has 78 valence electrons. The van der Waals surface area contributed by atoms with Gasteiger partial charge in [-0.15, -0.1) is 11.3 Å². The molecule has 0 saturated carbocycles. The molecule has 1 atom stereocenters. The molecule has 0 radical (unpaired) electrons. The SMILES string of the molecule is CC1(NCc2ccsc2Br)CCOC1. The molecule has 1 aliphatic heterocycles. The van der Waals surface area contributed by atoms with E-state index in [1.54, 1.807) is 11.3 Å². The molecular weight excluding hydrogens is 262 g/mol. The van der Waals surface area contributed by atoms with Gasteiger partial charge in [0.1, 0.15) is 0 Å². The summed E-state index contributed by atoms with van der Waals surface area (Å²) in [5.74, 6) is 0. The van der Waals surface area contributed by atoms with Crippen LogP contribution >= 0.6 is 27.3 Å². The summed E-state index contributed by atoms with van der Waals surface area (Å²) in [5, 5.41) is 5.66. The van der Waals surface area contributed by atoms with E-state index in [4.69, 9.17) is 4.74 Å². The number of ether oxygens (including phenoxy) is 1. The topological polar surface area (TPSA) is 21.3 Å². The van der Waals surface area contributed by atoms with Crippen molar-refractivity contribution in [3.63, 3.8) is 0 Å². The molecule has 1 aliphatic rings. The third-order valence-corrected chi connectivity index (χ3v) is 4.43. The van der Waals surface area contributed by atoms with Gasteiger partial charge in [0.15, 0.2) is 0 Å². The summed E-state index contributed by atoms with van der Waals surface area (Å²) in [6, 6.07) is 2.15. The van der Waals surface area contributed by atoms with Gasteiger partial charge in [-0.2, -0.15) is 0 Å². The molecule has 1 aromatic heterocycles. The average Bonchev–Trinajstić information content (AvgIpc) is 2.73. The lowest BCUT2D eigenvalue weighted by Gasteiger charge is -2.23. The number of hydrogen-bond acceptors (Lipinski definition) is 3.